The fourth-order valence-electron chi connectivity index (χ4n) is 5.50. The van der Waals surface area contributed by atoms with Crippen LogP contribution in [0.15, 0.2) is 48.5 Å². The maximum atomic E-state index is 14.3. The SMILES string of the molecule is CC(C)(C)NC(=O)OCc1ccc(C2CC2)c(C(=O)C2CCC(c3ccc(F)c4ccccc34)CC2)n1. The maximum Gasteiger partial charge on any atom is 0.407 e. The first-order valence-electron chi connectivity index (χ1n) is 13.4. The number of alkyl carbamates (subject to hydrolysis) is 1. The number of ketones is 1. The zero-order chi connectivity index (χ0) is 26.2. The highest BCUT2D eigenvalue weighted by Gasteiger charge is 2.34. The second-order valence-electron chi connectivity index (χ2n) is 11.6. The molecule has 3 aromatic rings. The minimum Gasteiger partial charge on any atom is -0.443 e. The van der Waals surface area contributed by atoms with Crippen molar-refractivity contribution in [1.82, 2.24) is 10.3 Å². The predicted molar refractivity (Wildman–Crippen MR) is 142 cm³/mol. The lowest BCUT2D eigenvalue weighted by Crippen LogP contribution is -2.40. The minimum absolute atomic E-state index is 0.0253. The van der Waals surface area contributed by atoms with Crippen LogP contribution in [0.1, 0.15) is 98.4 Å². The standard InChI is InChI=1S/C31H35FN2O3/c1-31(2,3)34-30(36)37-18-22-14-15-24(20-8-9-20)28(33-22)29(35)21-12-10-19(11-13-21)23-16-17-27(32)26-7-5-4-6-25(23)26/h4-7,14-17,19-21H,8-13,18H2,1-3H3,(H,34,36). The molecule has 2 aromatic carbocycles. The Labute approximate surface area is 217 Å². The lowest BCUT2D eigenvalue weighted by atomic mass is 9.75. The van der Waals surface area contributed by atoms with Crippen LogP contribution in [0.4, 0.5) is 9.18 Å². The topological polar surface area (TPSA) is 68.3 Å². The molecule has 0 radical (unpaired) electrons. The van der Waals surface area contributed by atoms with Crippen LogP contribution in [-0.2, 0) is 11.3 Å². The van der Waals surface area contributed by atoms with Crippen LogP contribution in [0.25, 0.3) is 10.8 Å². The lowest BCUT2D eigenvalue weighted by molar-refractivity contribution is 0.0877. The highest BCUT2D eigenvalue weighted by atomic mass is 19.1. The Hall–Kier alpha value is -3.28. The molecular weight excluding hydrogens is 467 g/mol. The summed E-state index contributed by atoms with van der Waals surface area (Å²) in [7, 11) is 0. The number of benzene rings is 2. The van der Waals surface area contributed by atoms with E-state index < -0.39 is 6.09 Å². The van der Waals surface area contributed by atoms with E-state index >= 15 is 0 Å². The molecule has 1 amide bonds. The van der Waals surface area contributed by atoms with Crippen LogP contribution in [0.2, 0.25) is 0 Å². The van der Waals surface area contributed by atoms with E-state index in [0.29, 0.717) is 28.6 Å². The zero-order valence-electron chi connectivity index (χ0n) is 21.9. The van der Waals surface area contributed by atoms with Gasteiger partial charge in [-0.3, -0.25) is 4.79 Å². The molecule has 2 saturated carbocycles. The molecular formula is C31H35FN2O3. The van der Waals surface area contributed by atoms with Crippen LogP contribution in [0.5, 0.6) is 0 Å². The van der Waals surface area contributed by atoms with Gasteiger partial charge >= 0.3 is 6.09 Å². The Morgan fingerprint density at radius 3 is 2.19 bits per heavy atom. The quantitative estimate of drug-likeness (QED) is 0.356. The number of hydrogen-bond acceptors (Lipinski definition) is 4. The fraction of sp³-hybridized carbons (Fsp3) is 0.452. The molecule has 0 bridgehead atoms. The summed E-state index contributed by atoms with van der Waals surface area (Å²) in [6.45, 7) is 5.69. The molecule has 1 heterocycles. The molecule has 0 aliphatic heterocycles. The Morgan fingerprint density at radius 1 is 0.892 bits per heavy atom. The molecule has 2 aliphatic carbocycles. The summed E-state index contributed by atoms with van der Waals surface area (Å²) in [4.78, 5) is 30.5. The number of pyridine rings is 1. The van der Waals surface area contributed by atoms with E-state index in [4.69, 9.17) is 9.72 Å². The summed E-state index contributed by atoms with van der Waals surface area (Å²) in [6.07, 6.45) is 5.01. The summed E-state index contributed by atoms with van der Waals surface area (Å²) in [5, 5.41) is 4.40. The monoisotopic (exact) mass is 502 g/mol. The number of carbonyl (C=O) groups excluding carboxylic acids is 2. The predicted octanol–water partition coefficient (Wildman–Crippen LogP) is 7.43. The van der Waals surface area contributed by atoms with Gasteiger partial charge in [0.05, 0.1) is 5.69 Å². The summed E-state index contributed by atoms with van der Waals surface area (Å²) in [5.41, 5.74) is 2.95. The van der Waals surface area contributed by atoms with Crippen LogP contribution >= 0.6 is 0 Å². The van der Waals surface area contributed by atoms with Crippen molar-refractivity contribution in [2.75, 3.05) is 0 Å². The van der Waals surface area contributed by atoms with Gasteiger partial charge in [-0.1, -0.05) is 36.4 Å². The molecule has 1 N–H and O–H groups in total. The number of hydrogen-bond donors (Lipinski definition) is 1. The second-order valence-corrected chi connectivity index (χ2v) is 11.6. The number of carbonyl (C=O) groups is 2. The van der Waals surface area contributed by atoms with Crippen molar-refractivity contribution >= 4 is 22.6 Å². The van der Waals surface area contributed by atoms with Crippen LogP contribution in [0, 0.1) is 11.7 Å². The fourth-order valence-corrected chi connectivity index (χ4v) is 5.50. The lowest BCUT2D eigenvalue weighted by Gasteiger charge is -2.29. The largest absolute Gasteiger partial charge is 0.443 e. The molecule has 194 valence electrons. The molecule has 1 aromatic heterocycles. The number of fused-ring (bicyclic) bond motifs is 1. The molecule has 5 nitrogen and oxygen atoms in total. The summed E-state index contributed by atoms with van der Waals surface area (Å²) >= 11 is 0. The highest BCUT2D eigenvalue weighted by molar-refractivity contribution is 5.98. The first kappa shape index (κ1) is 25.4. The molecule has 0 saturated heterocycles. The van der Waals surface area contributed by atoms with Crippen molar-refractivity contribution in [2.24, 2.45) is 5.92 Å². The van der Waals surface area contributed by atoms with E-state index in [1.54, 1.807) is 6.07 Å². The Kier molecular flexibility index (Phi) is 7.02. The normalized spacial score (nSPS) is 20.0. The van der Waals surface area contributed by atoms with Gasteiger partial charge in [0.15, 0.2) is 5.78 Å². The van der Waals surface area contributed by atoms with Crippen LogP contribution in [-0.4, -0.2) is 22.4 Å². The summed E-state index contributed by atoms with van der Waals surface area (Å²) < 4.78 is 19.7. The maximum absolute atomic E-state index is 14.3. The number of nitrogens with zero attached hydrogens (tertiary/aromatic N) is 1. The first-order valence-corrected chi connectivity index (χ1v) is 13.4. The van der Waals surface area contributed by atoms with E-state index in [2.05, 4.69) is 5.32 Å². The van der Waals surface area contributed by atoms with Gasteiger partial charge in [-0.05, 0) is 99.8 Å². The minimum atomic E-state index is -0.500. The third kappa shape index (κ3) is 5.84. The third-order valence-electron chi connectivity index (χ3n) is 7.51. The van der Waals surface area contributed by atoms with E-state index in [0.717, 1.165) is 49.5 Å². The van der Waals surface area contributed by atoms with Crippen molar-refractivity contribution in [3.8, 4) is 0 Å². The van der Waals surface area contributed by atoms with E-state index in [-0.39, 0.29) is 29.7 Å². The smallest absolute Gasteiger partial charge is 0.407 e. The van der Waals surface area contributed by atoms with Gasteiger partial charge in [-0.15, -0.1) is 0 Å². The number of Topliss-reactive ketones (excluding diaryl/α,β-unsaturated/α-hetero) is 1. The van der Waals surface area contributed by atoms with Crippen molar-refractivity contribution in [3.63, 3.8) is 0 Å². The van der Waals surface area contributed by atoms with Crippen molar-refractivity contribution in [3.05, 3.63) is 76.9 Å². The Morgan fingerprint density at radius 2 is 1.51 bits per heavy atom. The Balaban J connectivity index is 1.29. The molecule has 0 spiro atoms. The molecule has 37 heavy (non-hydrogen) atoms. The number of nitrogens with one attached hydrogen (secondary N) is 1. The number of amides is 1. The summed E-state index contributed by atoms with van der Waals surface area (Å²) in [5.74, 6) is 0.541. The van der Waals surface area contributed by atoms with Gasteiger partial charge in [-0.2, -0.15) is 0 Å². The van der Waals surface area contributed by atoms with Gasteiger partial charge in [0.1, 0.15) is 18.1 Å². The molecule has 2 fully saturated rings. The van der Waals surface area contributed by atoms with Crippen molar-refractivity contribution in [1.29, 1.82) is 0 Å². The zero-order valence-corrected chi connectivity index (χ0v) is 21.9. The summed E-state index contributed by atoms with van der Waals surface area (Å²) in [6, 6.07) is 15.0. The van der Waals surface area contributed by atoms with Gasteiger partial charge in [-0.25, -0.2) is 14.2 Å². The van der Waals surface area contributed by atoms with Gasteiger partial charge in [0.2, 0.25) is 0 Å². The third-order valence-corrected chi connectivity index (χ3v) is 7.51. The number of aromatic nitrogens is 1. The van der Waals surface area contributed by atoms with Gasteiger partial charge in [0, 0.05) is 16.8 Å². The average molecular weight is 503 g/mol. The van der Waals surface area contributed by atoms with Gasteiger partial charge < -0.3 is 10.1 Å². The highest BCUT2D eigenvalue weighted by Crippen LogP contribution is 2.44. The Bertz CT molecular complexity index is 1320. The molecule has 2 aliphatic rings. The van der Waals surface area contributed by atoms with Crippen LogP contribution < -0.4 is 5.32 Å². The van der Waals surface area contributed by atoms with E-state index in [1.807, 2.05) is 63.2 Å². The molecule has 6 heteroatoms. The number of rotatable bonds is 6. The van der Waals surface area contributed by atoms with Crippen LogP contribution in [0.3, 0.4) is 0 Å². The van der Waals surface area contributed by atoms with Crippen molar-refractivity contribution < 1.29 is 18.7 Å². The molecule has 5 rings (SSSR count). The number of ether oxygens (including phenoxy) is 1. The van der Waals surface area contributed by atoms with Gasteiger partial charge in [0.25, 0.3) is 0 Å². The second kappa shape index (κ2) is 10.2. The van der Waals surface area contributed by atoms with E-state index in [1.165, 1.54) is 5.56 Å². The number of halogens is 1. The average Bonchev–Trinajstić information content (AvgIpc) is 3.72. The van der Waals surface area contributed by atoms with Crippen molar-refractivity contribution in [2.45, 2.75) is 83.3 Å². The first-order chi connectivity index (χ1) is 17.7. The van der Waals surface area contributed by atoms with E-state index in [9.17, 15) is 14.0 Å². The molecule has 0 atom stereocenters. The molecule has 0 unspecified atom stereocenters.